The van der Waals surface area contributed by atoms with Crippen LogP contribution in [0.3, 0.4) is 0 Å². The number of aromatic nitrogens is 2. The standard InChI is InChI=1S/C11H16N4O2S/c1-8-10(6-12)11(15(2)14-8)13-7-9-4-3-5-18(9,16)17/h9,13H,3-5,7H2,1-2H3. The van der Waals surface area contributed by atoms with Gasteiger partial charge in [0.15, 0.2) is 9.84 Å². The lowest BCUT2D eigenvalue weighted by Gasteiger charge is -2.12. The van der Waals surface area contributed by atoms with Crippen molar-refractivity contribution in [2.75, 3.05) is 17.6 Å². The van der Waals surface area contributed by atoms with Gasteiger partial charge in [0, 0.05) is 13.6 Å². The molecule has 0 saturated carbocycles. The maximum Gasteiger partial charge on any atom is 0.154 e. The molecule has 1 aliphatic rings. The molecule has 0 aromatic carbocycles. The SMILES string of the molecule is Cc1nn(C)c(NCC2CCCS2(=O)=O)c1C#N. The highest BCUT2D eigenvalue weighted by Gasteiger charge is 2.31. The van der Waals surface area contributed by atoms with Gasteiger partial charge in [-0.3, -0.25) is 4.68 Å². The molecular weight excluding hydrogens is 252 g/mol. The highest BCUT2D eigenvalue weighted by atomic mass is 32.2. The molecule has 18 heavy (non-hydrogen) atoms. The zero-order valence-electron chi connectivity index (χ0n) is 10.5. The number of aryl methyl sites for hydroxylation is 2. The van der Waals surface area contributed by atoms with Crippen LogP contribution in [-0.4, -0.2) is 35.7 Å². The normalized spacial score (nSPS) is 21.7. The van der Waals surface area contributed by atoms with Crippen LogP contribution in [0.15, 0.2) is 0 Å². The molecule has 0 radical (unpaired) electrons. The number of rotatable bonds is 3. The van der Waals surface area contributed by atoms with Crippen molar-refractivity contribution in [3.63, 3.8) is 0 Å². The summed E-state index contributed by atoms with van der Waals surface area (Å²) < 4.78 is 25.0. The zero-order chi connectivity index (χ0) is 13.3. The van der Waals surface area contributed by atoms with E-state index in [-0.39, 0.29) is 11.0 Å². The molecule has 1 N–H and O–H groups in total. The van der Waals surface area contributed by atoms with Gasteiger partial charge >= 0.3 is 0 Å². The van der Waals surface area contributed by atoms with Gasteiger partial charge in [-0.2, -0.15) is 10.4 Å². The Morgan fingerprint density at radius 3 is 2.89 bits per heavy atom. The molecule has 0 aliphatic carbocycles. The Balaban J connectivity index is 2.14. The van der Waals surface area contributed by atoms with E-state index in [0.29, 0.717) is 30.0 Å². The van der Waals surface area contributed by atoms with Crippen LogP contribution in [0.4, 0.5) is 5.82 Å². The quantitative estimate of drug-likeness (QED) is 0.866. The Hall–Kier alpha value is -1.55. The van der Waals surface area contributed by atoms with E-state index in [4.69, 9.17) is 5.26 Å². The first-order valence-electron chi connectivity index (χ1n) is 5.85. The van der Waals surface area contributed by atoms with Crippen molar-refractivity contribution in [2.24, 2.45) is 7.05 Å². The average molecular weight is 268 g/mol. The van der Waals surface area contributed by atoms with Gasteiger partial charge in [-0.25, -0.2) is 8.42 Å². The van der Waals surface area contributed by atoms with Crippen molar-refractivity contribution < 1.29 is 8.42 Å². The Morgan fingerprint density at radius 2 is 2.33 bits per heavy atom. The van der Waals surface area contributed by atoms with Crippen molar-refractivity contribution in [3.05, 3.63) is 11.3 Å². The van der Waals surface area contributed by atoms with Gasteiger partial charge in [-0.15, -0.1) is 0 Å². The third-order valence-corrected chi connectivity index (χ3v) is 5.57. The molecule has 0 amide bonds. The second-order valence-corrected chi connectivity index (χ2v) is 6.96. The third kappa shape index (κ3) is 2.20. The monoisotopic (exact) mass is 268 g/mol. The molecule has 7 heteroatoms. The average Bonchev–Trinajstić information content (AvgIpc) is 2.75. The van der Waals surface area contributed by atoms with Crippen LogP contribution in [0, 0.1) is 18.3 Å². The Morgan fingerprint density at radius 1 is 1.61 bits per heavy atom. The summed E-state index contributed by atoms with van der Waals surface area (Å²) in [5.41, 5.74) is 1.13. The van der Waals surface area contributed by atoms with Crippen molar-refractivity contribution >= 4 is 15.7 Å². The highest BCUT2D eigenvalue weighted by molar-refractivity contribution is 7.92. The summed E-state index contributed by atoms with van der Waals surface area (Å²) in [6.45, 7) is 2.10. The topological polar surface area (TPSA) is 87.8 Å². The fourth-order valence-electron chi connectivity index (χ4n) is 2.29. The molecule has 1 saturated heterocycles. The van der Waals surface area contributed by atoms with Gasteiger partial charge in [0.2, 0.25) is 0 Å². The van der Waals surface area contributed by atoms with Crippen LogP contribution in [0.1, 0.15) is 24.1 Å². The summed E-state index contributed by atoms with van der Waals surface area (Å²) in [6, 6.07) is 2.09. The smallest absolute Gasteiger partial charge is 0.154 e. The summed E-state index contributed by atoms with van der Waals surface area (Å²) in [5.74, 6) is 0.867. The molecular formula is C11H16N4O2S. The molecule has 1 aromatic heterocycles. The summed E-state index contributed by atoms with van der Waals surface area (Å²) in [7, 11) is -1.22. The zero-order valence-corrected chi connectivity index (χ0v) is 11.3. The Kier molecular flexibility index (Phi) is 3.30. The van der Waals surface area contributed by atoms with Crippen molar-refractivity contribution in [2.45, 2.75) is 25.0 Å². The maximum absolute atomic E-state index is 11.7. The predicted octanol–water partition coefficient (Wildman–Crippen LogP) is 0.589. The Labute approximate surface area is 107 Å². The lowest BCUT2D eigenvalue weighted by molar-refractivity contribution is 0.591. The number of anilines is 1. The molecule has 2 rings (SSSR count). The van der Waals surface area contributed by atoms with Crippen LogP contribution < -0.4 is 5.32 Å². The minimum Gasteiger partial charge on any atom is -0.368 e. The predicted molar refractivity (Wildman–Crippen MR) is 68.0 cm³/mol. The fraction of sp³-hybridized carbons (Fsp3) is 0.636. The molecule has 1 aromatic rings. The Bertz CT molecular complexity index is 597. The molecule has 0 spiro atoms. The number of hydrogen-bond donors (Lipinski definition) is 1. The van der Waals surface area contributed by atoms with Gasteiger partial charge in [-0.05, 0) is 19.8 Å². The van der Waals surface area contributed by atoms with E-state index < -0.39 is 9.84 Å². The number of sulfone groups is 1. The van der Waals surface area contributed by atoms with Crippen LogP contribution in [0.5, 0.6) is 0 Å². The first-order valence-corrected chi connectivity index (χ1v) is 7.56. The first kappa shape index (κ1) is 12.9. The van der Waals surface area contributed by atoms with Crippen molar-refractivity contribution in [1.29, 1.82) is 5.26 Å². The van der Waals surface area contributed by atoms with E-state index in [9.17, 15) is 8.42 Å². The van der Waals surface area contributed by atoms with E-state index in [0.717, 1.165) is 6.42 Å². The molecule has 6 nitrogen and oxygen atoms in total. The summed E-state index contributed by atoms with van der Waals surface area (Å²) in [4.78, 5) is 0. The minimum atomic E-state index is -2.96. The summed E-state index contributed by atoms with van der Waals surface area (Å²) in [6.07, 6.45) is 1.41. The van der Waals surface area contributed by atoms with E-state index >= 15 is 0 Å². The van der Waals surface area contributed by atoms with E-state index in [1.54, 1.807) is 18.7 Å². The molecule has 0 bridgehead atoms. The molecule has 1 atom stereocenters. The first-order chi connectivity index (χ1) is 8.45. The van der Waals surface area contributed by atoms with Crippen LogP contribution >= 0.6 is 0 Å². The number of nitrogens with one attached hydrogen (secondary N) is 1. The minimum absolute atomic E-state index is 0.273. The third-order valence-electron chi connectivity index (χ3n) is 3.29. The second-order valence-electron chi connectivity index (χ2n) is 4.56. The second kappa shape index (κ2) is 4.61. The lowest BCUT2D eigenvalue weighted by Crippen LogP contribution is -2.26. The van der Waals surface area contributed by atoms with E-state index in [1.165, 1.54) is 0 Å². The molecule has 2 heterocycles. The van der Waals surface area contributed by atoms with Crippen LogP contribution in [0.25, 0.3) is 0 Å². The number of hydrogen-bond acceptors (Lipinski definition) is 5. The molecule has 98 valence electrons. The fourth-order valence-corrected chi connectivity index (χ4v) is 4.06. The maximum atomic E-state index is 11.7. The summed E-state index contributed by atoms with van der Waals surface area (Å²) in [5, 5.41) is 15.9. The summed E-state index contributed by atoms with van der Waals surface area (Å²) >= 11 is 0. The van der Waals surface area contributed by atoms with Crippen molar-refractivity contribution in [1.82, 2.24) is 9.78 Å². The highest BCUT2D eigenvalue weighted by Crippen LogP contribution is 2.22. The van der Waals surface area contributed by atoms with Gasteiger partial charge in [0.25, 0.3) is 0 Å². The molecule has 1 unspecified atom stereocenters. The number of nitrogens with zero attached hydrogens (tertiary/aromatic N) is 3. The van der Waals surface area contributed by atoms with E-state index in [2.05, 4.69) is 16.5 Å². The lowest BCUT2D eigenvalue weighted by atomic mass is 10.2. The molecule has 1 aliphatic heterocycles. The molecule has 1 fully saturated rings. The van der Waals surface area contributed by atoms with Crippen LogP contribution in [-0.2, 0) is 16.9 Å². The van der Waals surface area contributed by atoms with Gasteiger partial charge in [-0.1, -0.05) is 0 Å². The van der Waals surface area contributed by atoms with E-state index in [1.807, 2.05) is 0 Å². The van der Waals surface area contributed by atoms with Gasteiger partial charge in [0.05, 0.1) is 16.7 Å². The van der Waals surface area contributed by atoms with Crippen LogP contribution in [0.2, 0.25) is 0 Å². The van der Waals surface area contributed by atoms with Gasteiger partial charge in [0.1, 0.15) is 17.5 Å². The van der Waals surface area contributed by atoms with Gasteiger partial charge < -0.3 is 5.32 Å². The largest absolute Gasteiger partial charge is 0.368 e. The van der Waals surface area contributed by atoms with Crippen molar-refractivity contribution in [3.8, 4) is 6.07 Å². The number of nitriles is 1.